The molecule has 5 nitrogen and oxygen atoms in total. The molecule has 0 atom stereocenters. The van der Waals surface area contributed by atoms with Gasteiger partial charge in [0, 0.05) is 25.0 Å². The average molecular weight is 273 g/mol. The quantitative estimate of drug-likeness (QED) is 0.873. The highest BCUT2D eigenvalue weighted by atomic mass is 16.5. The van der Waals surface area contributed by atoms with Gasteiger partial charge in [0.15, 0.2) is 5.75 Å². The van der Waals surface area contributed by atoms with Crippen LogP contribution in [0.4, 0.5) is 5.69 Å². The Hall–Kier alpha value is -2.01. The molecule has 3 rings (SSSR count). The van der Waals surface area contributed by atoms with Gasteiger partial charge in [0.05, 0.1) is 24.5 Å². The molecule has 1 aromatic carbocycles. The number of anilines is 1. The van der Waals surface area contributed by atoms with Crippen molar-refractivity contribution in [3.05, 3.63) is 30.5 Å². The van der Waals surface area contributed by atoms with Gasteiger partial charge in [-0.05, 0) is 31.0 Å². The van der Waals surface area contributed by atoms with Crippen LogP contribution < -0.4 is 10.5 Å². The number of nitrogen functional groups attached to an aromatic ring is 1. The minimum Gasteiger partial charge on any atom is -0.494 e. The number of benzene rings is 1. The van der Waals surface area contributed by atoms with Crippen molar-refractivity contribution in [2.24, 2.45) is 0 Å². The SMILES string of the molecule is COc1c(N)cccc1-c1ccn(C2CCOCC2)n1. The molecule has 1 aliphatic rings. The van der Waals surface area contributed by atoms with Crippen LogP contribution in [0.5, 0.6) is 5.75 Å². The maximum absolute atomic E-state index is 5.94. The molecule has 0 saturated carbocycles. The van der Waals surface area contributed by atoms with Crippen LogP contribution in [0, 0.1) is 0 Å². The number of hydrogen-bond acceptors (Lipinski definition) is 4. The van der Waals surface area contributed by atoms with Crippen molar-refractivity contribution in [3.63, 3.8) is 0 Å². The van der Waals surface area contributed by atoms with Crippen molar-refractivity contribution in [2.75, 3.05) is 26.1 Å². The van der Waals surface area contributed by atoms with Gasteiger partial charge in [0.2, 0.25) is 0 Å². The molecule has 0 unspecified atom stereocenters. The molecule has 5 heteroatoms. The summed E-state index contributed by atoms with van der Waals surface area (Å²) in [6.45, 7) is 1.61. The first-order valence-electron chi connectivity index (χ1n) is 6.85. The second-order valence-corrected chi connectivity index (χ2v) is 4.95. The van der Waals surface area contributed by atoms with Gasteiger partial charge in [0.1, 0.15) is 0 Å². The van der Waals surface area contributed by atoms with Crippen molar-refractivity contribution in [1.29, 1.82) is 0 Å². The third-order valence-corrected chi connectivity index (χ3v) is 3.70. The highest BCUT2D eigenvalue weighted by Crippen LogP contribution is 2.34. The number of nitrogens with two attached hydrogens (primary N) is 1. The Bertz CT molecular complexity index is 589. The normalized spacial score (nSPS) is 16.2. The molecule has 2 N–H and O–H groups in total. The predicted octanol–water partition coefficient (Wildman–Crippen LogP) is 2.49. The summed E-state index contributed by atoms with van der Waals surface area (Å²) < 4.78 is 12.8. The van der Waals surface area contributed by atoms with E-state index in [2.05, 4.69) is 5.10 Å². The lowest BCUT2D eigenvalue weighted by atomic mass is 10.1. The zero-order valence-electron chi connectivity index (χ0n) is 11.6. The lowest BCUT2D eigenvalue weighted by Gasteiger charge is -2.22. The first-order valence-corrected chi connectivity index (χ1v) is 6.85. The topological polar surface area (TPSA) is 62.3 Å². The van der Waals surface area contributed by atoms with Crippen LogP contribution in [0.1, 0.15) is 18.9 Å². The van der Waals surface area contributed by atoms with Gasteiger partial charge in [0.25, 0.3) is 0 Å². The van der Waals surface area contributed by atoms with Crippen molar-refractivity contribution in [1.82, 2.24) is 9.78 Å². The molecular weight excluding hydrogens is 254 g/mol. The Morgan fingerprint density at radius 2 is 2.10 bits per heavy atom. The summed E-state index contributed by atoms with van der Waals surface area (Å²) in [5.41, 5.74) is 8.39. The van der Waals surface area contributed by atoms with E-state index in [1.54, 1.807) is 7.11 Å². The molecule has 2 heterocycles. The van der Waals surface area contributed by atoms with Crippen molar-refractivity contribution < 1.29 is 9.47 Å². The van der Waals surface area contributed by atoms with Gasteiger partial charge in [-0.2, -0.15) is 5.10 Å². The van der Waals surface area contributed by atoms with Gasteiger partial charge in [-0.1, -0.05) is 6.07 Å². The van der Waals surface area contributed by atoms with Crippen LogP contribution in [0.2, 0.25) is 0 Å². The molecule has 0 aliphatic carbocycles. The second-order valence-electron chi connectivity index (χ2n) is 4.95. The first kappa shape index (κ1) is 13.0. The number of nitrogens with zero attached hydrogens (tertiary/aromatic N) is 2. The van der Waals surface area contributed by atoms with Gasteiger partial charge in [-0.3, -0.25) is 4.68 Å². The largest absolute Gasteiger partial charge is 0.494 e. The zero-order chi connectivity index (χ0) is 13.9. The summed E-state index contributed by atoms with van der Waals surface area (Å²) >= 11 is 0. The van der Waals surface area contributed by atoms with E-state index in [9.17, 15) is 0 Å². The van der Waals surface area contributed by atoms with E-state index in [0.717, 1.165) is 37.3 Å². The van der Waals surface area contributed by atoms with Crippen LogP contribution >= 0.6 is 0 Å². The molecule has 20 heavy (non-hydrogen) atoms. The Morgan fingerprint density at radius 3 is 2.85 bits per heavy atom. The van der Waals surface area contributed by atoms with E-state index in [1.165, 1.54) is 0 Å². The van der Waals surface area contributed by atoms with E-state index in [0.29, 0.717) is 17.5 Å². The Labute approximate surface area is 118 Å². The van der Waals surface area contributed by atoms with Crippen molar-refractivity contribution in [3.8, 4) is 17.0 Å². The van der Waals surface area contributed by atoms with Crippen LogP contribution in [0.15, 0.2) is 30.5 Å². The number of rotatable bonds is 3. The third kappa shape index (κ3) is 2.36. The number of hydrogen-bond donors (Lipinski definition) is 1. The maximum atomic E-state index is 5.94. The van der Waals surface area contributed by atoms with E-state index >= 15 is 0 Å². The summed E-state index contributed by atoms with van der Waals surface area (Å²) in [4.78, 5) is 0. The molecule has 106 valence electrons. The number of methoxy groups -OCH3 is 1. The van der Waals surface area contributed by atoms with Crippen molar-refractivity contribution >= 4 is 5.69 Å². The number of para-hydroxylation sites is 1. The van der Waals surface area contributed by atoms with Crippen LogP contribution in [-0.2, 0) is 4.74 Å². The standard InChI is InChI=1S/C15H19N3O2/c1-19-15-12(3-2-4-13(15)16)14-5-8-18(17-14)11-6-9-20-10-7-11/h2-5,8,11H,6-7,9-10,16H2,1H3. The second kappa shape index (κ2) is 5.54. The molecule has 0 amide bonds. The number of ether oxygens (including phenoxy) is 2. The molecule has 1 aliphatic heterocycles. The monoisotopic (exact) mass is 273 g/mol. The Morgan fingerprint density at radius 1 is 1.30 bits per heavy atom. The minimum absolute atomic E-state index is 0.421. The third-order valence-electron chi connectivity index (χ3n) is 3.70. The molecule has 0 bridgehead atoms. The van der Waals surface area contributed by atoms with E-state index in [4.69, 9.17) is 15.2 Å². The molecule has 1 saturated heterocycles. The van der Waals surface area contributed by atoms with Crippen LogP contribution in [0.25, 0.3) is 11.3 Å². The van der Waals surface area contributed by atoms with Gasteiger partial charge in [-0.25, -0.2) is 0 Å². The lowest BCUT2D eigenvalue weighted by molar-refractivity contribution is 0.0663. The number of aromatic nitrogens is 2. The highest BCUT2D eigenvalue weighted by Gasteiger charge is 2.18. The summed E-state index contributed by atoms with van der Waals surface area (Å²) in [7, 11) is 1.63. The van der Waals surface area contributed by atoms with Gasteiger partial charge in [-0.15, -0.1) is 0 Å². The first-order chi connectivity index (χ1) is 9.79. The maximum Gasteiger partial charge on any atom is 0.151 e. The fourth-order valence-corrected chi connectivity index (χ4v) is 2.62. The lowest BCUT2D eigenvalue weighted by Crippen LogP contribution is -2.19. The average Bonchev–Trinajstić information content (AvgIpc) is 2.97. The van der Waals surface area contributed by atoms with E-state index in [-0.39, 0.29) is 0 Å². The van der Waals surface area contributed by atoms with Crippen molar-refractivity contribution in [2.45, 2.75) is 18.9 Å². The Balaban J connectivity index is 1.92. The molecule has 2 aromatic rings. The van der Waals surface area contributed by atoms with Crippen LogP contribution in [-0.4, -0.2) is 30.1 Å². The summed E-state index contributed by atoms with van der Waals surface area (Å²) in [5.74, 6) is 0.685. The van der Waals surface area contributed by atoms with E-state index < -0.39 is 0 Å². The fraction of sp³-hybridized carbons (Fsp3) is 0.400. The molecular formula is C15H19N3O2. The molecule has 0 radical (unpaired) electrons. The van der Waals surface area contributed by atoms with Gasteiger partial charge >= 0.3 is 0 Å². The molecule has 1 aromatic heterocycles. The summed E-state index contributed by atoms with van der Waals surface area (Å²) in [5, 5.41) is 4.68. The highest BCUT2D eigenvalue weighted by molar-refractivity contribution is 5.74. The van der Waals surface area contributed by atoms with Crippen LogP contribution in [0.3, 0.4) is 0 Å². The van der Waals surface area contributed by atoms with E-state index in [1.807, 2.05) is 35.1 Å². The summed E-state index contributed by atoms with van der Waals surface area (Å²) in [6, 6.07) is 8.15. The Kier molecular flexibility index (Phi) is 3.60. The fourth-order valence-electron chi connectivity index (χ4n) is 2.62. The predicted molar refractivity (Wildman–Crippen MR) is 77.7 cm³/mol. The smallest absolute Gasteiger partial charge is 0.151 e. The minimum atomic E-state index is 0.421. The zero-order valence-corrected chi connectivity index (χ0v) is 11.6. The van der Waals surface area contributed by atoms with Gasteiger partial charge < -0.3 is 15.2 Å². The molecule has 0 spiro atoms. The summed E-state index contributed by atoms with van der Waals surface area (Å²) in [6.07, 6.45) is 4.04. The molecule has 1 fully saturated rings.